The minimum atomic E-state index is -4.22. The first-order chi connectivity index (χ1) is 5.06. The summed E-state index contributed by atoms with van der Waals surface area (Å²) in [5.74, 6) is 0. The van der Waals surface area contributed by atoms with Crippen LogP contribution in [-0.4, -0.2) is 21.9 Å². The van der Waals surface area contributed by atoms with E-state index in [0.29, 0.717) is 0 Å². The Labute approximate surface area is 68.9 Å². The Bertz CT molecular complexity index is 232. The van der Waals surface area contributed by atoms with Crippen molar-refractivity contribution in [2.24, 2.45) is 22.0 Å². The van der Waals surface area contributed by atoms with Gasteiger partial charge in [-0.25, -0.2) is 0 Å². The molecule has 0 fully saturated rings. The third-order valence-electron chi connectivity index (χ3n) is 1.33. The van der Waals surface area contributed by atoms with Gasteiger partial charge < -0.3 is 10.2 Å². The zero-order chi connectivity index (χ0) is 10.2. The lowest BCUT2D eigenvalue weighted by Crippen LogP contribution is -2.43. The molecule has 74 valence electrons. The van der Waals surface area contributed by atoms with Gasteiger partial charge in [0.25, 0.3) is 0 Å². The topological polar surface area (TPSA) is 179 Å². The summed E-state index contributed by atoms with van der Waals surface area (Å²) in [6, 6.07) is 0. The molecule has 0 aromatic heterocycles. The molecule has 0 aromatic carbocycles. The monoisotopic (exact) mass is 218 g/mol. The van der Waals surface area contributed by atoms with Crippen molar-refractivity contribution in [3.8, 4) is 0 Å². The van der Waals surface area contributed by atoms with Gasteiger partial charge in [-0.3, -0.25) is 31.1 Å². The maximum atomic E-state index is 10.9. The molecule has 0 unspecified atom stereocenters. The zero-order valence-corrected chi connectivity index (χ0v) is 7.91. The Balaban J connectivity index is 5.25. The lowest BCUT2D eigenvalue weighted by atomic mass is 10.8. The summed E-state index contributed by atoms with van der Waals surface area (Å²) in [7, 11) is -8.43. The number of hydrogen-bond acceptors (Lipinski definition) is 4. The molecule has 0 heterocycles. The van der Waals surface area contributed by atoms with Crippen molar-refractivity contribution in [2.75, 3.05) is 6.61 Å². The smallest absolute Gasteiger partial charge is 0.249 e. The SMILES string of the molecule is NP(N)(=O)C(O)(CO)P(N)(N)=O. The summed E-state index contributed by atoms with van der Waals surface area (Å²) in [6.07, 6.45) is 0. The van der Waals surface area contributed by atoms with Crippen molar-refractivity contribution in [3.05, 3.63) is 0 Å². The van der Waals surface area contributed by atoms with Gasteiger partial charge in [0.1, 0.15) is 0 Å². The van der Waals surface area contributed by atoms with Gasteiger partial charge in [-0.1, -0.05) is 0 Å². The van der Waals surface area contributed by atoms with E-state index in [4.69, 9.17) is 27.1 Å². The summed E-state index contributed by atoms with van der Waals surface area (Å²) < 4.78 is 21.9. The zero-order valence-electron chi connectivity index (χ0n) is 6.12. The highest BCUT2D eigenvalue weighted by atomic mass is 31.2. The molecule has 0 radical (unpaired) electrons. The fourth-order valence-electron chi connectivity index (χ4n) is 0.465. The highest BCUT2D eigenvalue weighted by molar-refractivity contribution is 7.78. The van der Waals surface area contributed by atoms with E-state index in [2.05, 4.69) is 0 Å². The van der Waals surface area contributed by atoms with Crippen molar-refractivity contribution < 1.29 is 19.3 Å². The molecular weight excluding hydrogens is 206 g/mol. The third-order valence-corrected chi connectivity index (χ3v) is 5.73. The number of nitrogens with two attached hydrogens (primary N) is 4. The molecule has 0 saturated carbocycles. The van der Waals surface area contributed by atoms with Crippen molar-refractivity contribution in [1.82, 2.24) is 0 Å². The molecule has 0 amide bonds. The number of rotatable bonds is 3. The van der Waals surface area contributed by atoms with Crippen LogP contribution in [0.25, 0.3) is 0 Å². The average Bonchev–Trinajstić information content (AvgIpc) is 1.81. The van der Waals surface area contributed by atoms with Crippen molar-refractivity contribution >= 4 is 14.9 Å². The average molecular weight is 218 g/mol. The molecule has 0 aliphatic heterocycles. The first kappa shape index (κ1) is 12.2. The summed E-state index contributed by atoms with van der Waals surface area (Å²) in [6.45, 7) is -1.22. The van der Waals surface area contributed by atoms with Crippen molar-refractivity contribution in [2.45, 2.75) is 5.08 Å². The second-order valence-electron chi connectivity index (χ2n) is 2.35. The molecule has 10 N–H and O–H groups in total. The molecule has 0 aliphatic carbocycles. The lowest BCUT2D eigenvalue weighted by Gasteiger charge is -2.31. The number of hydrogen-bond donors (Lipinski definition) is 6. The number of aliphatic hydroxyl groups excluding tert-OH is 1. The first-order valence-electron chi connectivity index (χ1n) is 2.74. The highest BCUT2D eigenvalue weighted by Crippen LogP contribution is 2.59. The Kier molecular flexibility index (Phi) is 3.23. The molecule has 0 spiro atoms. The molecule has 8 nitrogen and oxygen atoms in total. The van der Waals surface area contributed by atoms with E-state index in [1.807, 2.05) is 0 Å². The van der Waals surface area contributed by atoms with Crippen LogP contribution in [-0.2, 0) is 9.13 Å². The molecule has 0 rings (SSSR count). The molecule has 0 bridgehead atoms. The Morgan fingerprint density at radius 3 is 1.33 bits per heavy atom. The van der Waals surface area contributed by atoms with Gasteiger partial charge in [0.05, 0.1) is 6.61 Å². The van der Waals surface area contributed by atoms with Crippen LogP contribution in [0, 0.1) is 0 Å². The summed E-state index contributed by atoms with van der Waals surface area (Å²) in [5.41, 5.74) is 19.2. The third kappa shape index (κ3) is 1.93. The predicted molar refractivity (Wildman–Crippen MR) is 44.0 cm³/mol. The summed E-state index contributed by atoms with van der Waals surface area (Å²) in [4.78, 5) is 0. The van der Waals surface area contributed by atoms with Crippen LogP contribution in [0.5, 0.6) is 0 Å². The Morgan fingerprint density at radius 1 is 1.08 bits per heavy atom. The lowest BCUT2D eigenvalue weighted by molar-refractivity contribution is 0.114. The van der Waals surface area contributed by atoms with Gasteiger partial charge in [0.2, 0.25) is 20.0 Å². The minimum Gasteiger partial charge on any atom is -0.392 e. The molecule has 0 aliphatic rings. The van der Waals surface area contributed by atoms with Gasteiger partial charge in [0.15, 0.2) is 0 Å². The van der Waals surface area contributed by atoms with E-state index in [0.717, 1.165) is 0 Å². The number of aliphatic hydroxyl groups is 2. The van der Waals surface area contributed by atoms with E-state index >= 15 is 0 Å². The van der Waals surface area contributed by atoms with Gasteiger partial charge in [-0.15, -0.1) is 0 Å². The van der Waals surface area contributed by atoms with Crippen LogP contribution in [0.15, 0.2) is 0 Å². The quantitative estimate of drug-likeness (QED) is 0.290. The van der Waals surface area contributed by atoms with Crippen LogP contribution in [0.1, 0.15) is 0 Å². The Morgan fingerprint density at radius 2 is 1.33 bits per heavy atom. The molecule has 10 heteroatoms. The van der Waals surface area contributed by atoms with Crippen LogP contribution >= 0.6 is 14.9 Å². The molecule has 0 atom stereocenters. The second-order valence-corrected chi connectivity index (χ2v) is 7.02. The van der Waals surface area contributed by atoms with Crippen LogP contribution in [0.2, 0.25) is 0 Å². The van der Waals surface area contributed by atoms with E-state index in [9.17, 15) is 14.2 Å². The largest absolute Gasteiger partial charge is 0.392 e. The standard InChI is InChI=1S/C2H12N4O4P2/c3-11(4,9)2(8,1-7)12(5,6)10/h7-8H,1H2,(H4,3,4,9)(H4,5,6,10). The van der Waals surface area contributed by atoms with Gasteiger partial charge in [-0.05, 0) is 0 Å². The fraction of sp³-hybridized carbons (Fsp3) is 1.00. The maximum absolute atomic E-state index is 10.9. The van der Waals surface area contributed by atoms with Crippen molar-refractivity contribution in [1.29, 1.82) is 0 Å². The van der Waals surface area contributed by atoms with E-state index in [1.54, 1.807) is 0 Å². The maximum Gasteiger partial charge on any atom is 0.249 e. The normalized spacial score (nSPS) is 14.8. The Hall–Kier alpha value is 0.220. The first-order valence-corrected chi connectivity index (χ1v) is 6.43. The van der Waals surface area contributed by atoms with Crippen LogP contribution in [0.3, 0.4) is 0 Å². The summed E-state index contributed by atoms with van der Waals surface area (Å²) in [5, 5.41) is 15.0. The van der Waals surface area contributed by atoms with E-state index in [-0.39, 0.29) is 0 Å². The van der Waals surface area contributed by atoms with E-state index in [1.165, 1.54) is 0 Å². The summed E-state index contributed by atoms with van der Waals surface area (Å²) >= 11 is 0. The molecule has 0 aromatic rings. The van der Waals surface area contributed by atoms with Gasteiger partial charge >= 0.3 is 0 Å². The molecule has 12 heavy (non-hydrogen) atoms. The van der Waals surface area contributed by atoms with Gasteiger partial charge in [-0.2, -0.15) is 0 Å². The highest BCUT2D eigenvalue weighted by Gasteiger charge is 2.53. The minimum absolute atomic E-state index is 1.22. The van der Waals surface area contributed by atoms with E-state index < -0.39 is 26.6 Å². The molecular formula is C2H12N4O4P2. The van der Waals surface area contributed by atoms with Crippen LogP contribution in [0.4, 0.5) is 0 Å². The van der Waals surface area contributed by atoms with Crippen LogP contribution < -0.4 is 22.0 Å². The predicted octanol–water partition coefficient (Wildman–Crippen LogP) is -2.15. The van der Waals surface area contributed by atoms with Crippen molar-refractivity contribution in [3.63, 3.8) is 0 Å². The van der Waals surface area contributed by atoms with Gasteiger partial charge in [0, 0.05) is 0 Å². The second kappa shape index (κ2) is 3.17. The fourth-order valence-corrected chi connectivity index (χ4v) is 2.86. The molecule has 0 saturated heterocycles.